The van der Waals surface area contributed by atoms with Crippen molar-refractivity contribution in [3.8, 4) is 0 Å². The Morgan fingerprint density at radius 1 is 1.07 bits per heavy atom. The Kier molecular flexibility index (Phi) is 6.14. The molecule has 0 radical (unpaired) electrons. The minimum Gasteiger partial charge on any atom is -0.370 e. The fourth-order valence-electron chi connectivity index (χ4n) is 3.02. The fourth-order valence-corrected chi connectivity index (χ4v) is 3.02. The second-order valence-corrected chi connectivity index (χ2v) is 6.47. The number of non-ortho nitro benzene ring substituents is 1. The van der Waals surface area contributed by atoms with E-state index in [0.29, 0.717) is 11.4 Å². The Morgan fingerprint density at radius 3 is 2.37 bits per heavy atom. The number of carbonyl (C=O) groups is 1. The summed E-state index contributed by atoms with van der Waals surface area (Å²) in [5.74, 6) is 0.190. The van der Waals surface area contributed by atoms with E-state index in [0.717, 1.165) is 18.8 Å². The van der Waals surface area contributed by atoms with Gasteiger partial charge in [0, 0.05) is 31.3 Å². The molecule has 140 valence electrons. The van der Waals surface area contributed by atoms with Gasteiger partial charge in [-0.1, -0.05) is 12.8 Å². The van der Waals surface area contributed by atoms with Crippen molar-refractivity contribution in [2.24, 2.45) is 0 Å². The van der Waals surface area contributed by atoms with Crippen molar-refractivity contribution in [3.05, 3.63) is 64.3 Å². The summed E-state index contributed by atoms with van der Waals surface area (Å²) < 4.78 is 0. The number of pyridine rings is 1. The molecule has 0 spiro atoms. The summed E-state index contributed by atoms with van der Waals surface area (Å²) in [6, 6.07) is 9.78. The van der Waals surface area contributed by atoms with E-state index in [1.165, 1.54) is 43.9 Å². The van der Waals surface area contributed by atoms with Crippen LogP contribution in [0.15, 0.2) is 48.7 Å². The third-order valence-corrected chi connectivity index (χ3v) is 4.50. The number of rotatable bonds is 5. The third-order valence-electron chi connectivity index (χ3n) is 4.50. The molecular weight excluding hydrogens is 344 g/mol. The highest BCUT2D eigenvalue weighted by molar-refractivity contribution is 6.01. The van der Waals surface area contributed by atoms with Gasteiger partial charge in [-0.2, -0.15) is 0 Å². The minimum absolute atomic E-state index is 0.0188. The number of anilines is 2. The van der Waals surface area contributed by atoms with Crippen LogP contribution in [0, 0.1) is 10.1 Å². The molecule has 0 aliphatic carbocycles. The molecule has 0 saturated carbocycles. The van der Waals surface area contributed by atoms with Gasteiger partial charge in [0.05, 0.1) is 16.8 Å². The lowest BCUT2D eigenvalue weighted by atomic mass is 10.2. The van der Waals surface area contributed by atoms with E-state index < -0.39 is 4.92 Å². The van der Waals surface area contributed by atoms with Crippen LogP contribution in [-0.4, -0.2) is 28.9 Å². The van der Waals surface area contributed by atoms with Crippen molar-refractivity contribution in [1.82, 2.24) is 4.98 Å². The summed E-state index contributed by atoms with van der Waals surface area (Å²) in [5, 5.41) is 13.4. The Bertz CT molecular complexity index is 808. The molecule has 1 fully saturated rings. The molecular formula is C20H22N4O3. The molecule has 1 aliphatic heterocycles. The average molecular weight is 366 g/mol. The molecule has 1 aromatic carbocycles. The highest BCUT2D eigenvalue weighted by atomic mass is 16.6. The highest BCUT2D eigenvalue weighted by Crippen LogP contribution is 2.20. The number of hydrogen-bond donors (Lipinski definition) is 1. The van der Waals surface area contributed by atoms with Gasteiger partial charge >= 0.3 is 0 Å². The maximum absolute atomic E-state index is 12.0. The average Bonchev–Trinajstić information content (AvgIpc) is 2.97. The smallest absolute Gasteiger partial charge is 0.269 e. The number of nitro groups is 1. The number of nitro benzene ring substituents is 1. The van der Waals surface area contributed by atoms with Crippen LogP contribution in [-0.2, 0) is 4.79 Å². The Morgan fingerprint density at radius 2 is 1.78 bits per heavy atom. The number of nitrogens with zero attached hydrogens (tertiary/aromatic N) is 3. The van der Waals surface area contributed by atoms with Crippen molar-refractivity contribution in [1.29, 1.82) is 0 Å². The van der Waals surface area contributed by atoms with E-state index in [4.69, 9.17) is 0 Å². The second kappa shape index (κ2) is 8.93. The van der Waals surface area contributed by atoms with Crippen molar-refractivity contribution in [3.63, 3.8) is 0 Å². The summed E-state index contributed by atoms with van der Waals surface area (Å²) in [5.41, 5.74) is 1.81. The summed E-state index contributed by atoms with van der Waals surface area (Å²) in [6.07, 6.45) is 9.73. The van der Waals surface area contributed by atoms with E-state index in [-0.39, 0.29) is 11.6 Å². The van der Waals surface area contributed by atoms with Gasteiger partial charge in [-0.05, 0) is 48.7 Å². The predicted octanol–water partition coefficient (Wildman–Crippen LogP) is 4.02. The normalized spacial score (nSPS) is 14.7. The number of benzene rings is 1. The summed E-state index contributed by atoms with van der Waals surface area (Å²) in [4.78, 5) is 28.9. The van der Waals surface area contributed by atoms with Crippen LogP contribution in [0.2, 0.25) is 0 Å². The third kappa shape index (κ3) is 5.37. The lowest BCUT2D eigenvalue weighted by molar-refractivity contribution is -0.384. The Hall–Kier alpha value is -3.22. The standard InChI is InChI=1S/C20H22N4O3/c25-20(12-7-16-5-8-17(9-6-16)24(26)27)22-19-11-10-18(15-21-19)23-13-3-1-2-4-14-23/h5-12,15H,1-4,13-14H2,(H,21,22,25)/b12-7+. The molecule has 1 aliphatic rings. The molecule has 27 heavy (non-hydrogen) atoms. The van der Waals surface area contributed by atoms with Gasteiger partial charge in [0.25, 0.3) is 5.69 Å². The van der Waals surface area contributed by atoms with Crippen molar-refractivity contribution >= 4 is 29.2 Å². The first-order valence-corrected chi connectivity index (χ1v) is 9.06. The van der Waals surface area contributed by atoms with E-state index in [2.05, 4.69) is 15.2 Å². The first-order valence-electron chi connectivity index (χ1n) is 9.06. The van der Waals surface area contributed by atoms with Gasteiger partial charge in [0.2, 0.25) is 5.91 Å². The minimum atomic E-state index is -0.457. The Balaban J connectivity index is 1.56. The zero-order valence-corrected chi connectivity index (χ0v) is 15.0. The maximum atomic E-state index is 12.0. The topological polar surface area (TPSA) is 88.4 Å². The van der Waals surface area contributed by atoms with Crippen molar-refractivity contribution in [2.75, 3.05) is 23.3 Å². The molecule has 0 unspecified atom stereocenters. The predicted molar refractivity (Wildman–Crippen MR) is 106 cm³/mol. The molecule has 7 heteroatoms. The van der Waals surface area contributed by atoms with Crippen LogP contribution in [0.1, 0.15) is 31.2 Å². The van der Waals surface area contributed by atoms with Gasteiger partial charge < -0.3 is 10.2 Å². The molecule has 2 aromatic rings. The van der Waals surface area contributed by atoms with Crippen molar-refractivity contribution < 1.29 is 9.72 Å². The lowest BCUT2D eigenvalue weighted by Gasteiger charge is -2.22. The van der Waals surface area contributed by atoms with Crippen LogP contribution >= 0.6 is 0 Å². The number of nitrogens with one attached hydrogen (secondary N) is 1. The van der Waals surface area contributed by atoms with E-state index in [1.807, 2.05) is 6.07 Å². The number of amides is 1. The van der Waals surface area contributed by atoms with Crippen LogP contribution in [0.3, 0.4) is 0 Å². The largest absolute Gasteiger partial charge is 0.370 e. The molecule has 7 nitrogen and oxygen atoms in total. The van der Waals surface area contributed by atoms with Gasteiger partial charge in [-0.3, -0.25) is 14.9 Å². The molecule has 1 saturated heterocycles. The molecule has 0 bridgehead atoms. The van der Waals surface area contributed by atoms with Crippen LogP contribution in [0.5, 0.6) is 0 Å². The van der Waals surface area contributed by atoms with E-state index in [9.17, 15) is 14.9 Å². The molecule has 1 amide bonds. The summed E-state index contributed by atoms with van der Waals surface area (Å²) in [7, 11) is 0. The number of aromatic nitrogens is 1. The van der Waals surface area contributed by atoms with E-state index >= 15 is 0 Å². The zero-order chi connectivity index (χ0) is 19.1. The fraction of sp³-hybridized carbons (Fsp3) is 0.300. The lowest BCUT2D eigenvalue weighted by Crippen LogP contribution is -2.24. The van der Waals surface area contributed by atoms with Gasteiger partial charge in [-0.15, -0.1) is 0 Å². The highest BCUT2D eigenvalue weighted by Gasteiger charge is 2.10. The van der Waals surface area contributed by atoms with E-state index in [1.54, 1.807) is 30.5 Å². The van der Waals surface area contributed by atoms with Gasteiger partial charge in [0.15, 0.2) is 0 Å². The SMILES string of the molecule is O=C(/C=C/c1ccc([N+](=O)[O-])cc1)Nc1ccc(N2CCCCCC2)cn1. The maximum Gasteiger partial charge on any atom is 0.269 e. The molecule has 1 N–H and O–H groups in total. The molecule has 3 rings (SSSR count). The van der Waals surface area contributed by atoms with Gasteiger partial charge in [0.1, 0.15) is 5.82 Å². The Labute approximate surface area is 157 Å². The summed E-state index contributed by atoms with van der Waals surface area (Å²) >= 11 is 0. The summed E-state index contributed by atoms with van der Waals surface area (Å²) in [6.45, 7) is 2.09. The molecule has 2 heterocycles. The van der Waals surface area contributed by atoms with Gasteiger partial charge in [-0.25, -0.2) is 4.98 Å². The monoisotopic (exact) mass is 366 g/mol. The first-order chi connectivity index (χ1) is 13.1. The molecule has 1 aromatic heterocycles. The number of carbonyl (C=O) groups excluding carboxylic acids is 1. The van der Waals surface area contributed by atoms with Crippen LogP contribution in [0.25, 0.3) is 6.08 Å². The van der Waals surface area contributed by atoms with Crippen LogP contribution in [0.4, 0.5) is 17.2 Å². The number of hydrogen-bond acceptors (Lipinski definition) is 5. The first kappa shape index (κ1) is 18.6. The molecule has 0 atom stereocenters. The zero-order valence-electron chi connectivity index (χ0n) is 15.0. The second-order valence-electron chi connectivity index (χ2n) is 6.47. The van der Waals surface area contributed by atoms with Crippen molar-refractivity contribution in [2.45, 2.75) is 25.7 Å². The quantitative estimate of drug-likeness (QED) is 0.490. The van der Waals surface area contributed by atoms with Crippen LogP contribution < -0.4 is 10.2 Å².